The van der Waals surface area contributed by atoms with Crippen LogP contribution < -0.4 is 0 Å². The van der Waals surface area contributed by atoms with Crippen molar-refractivity contribution in [2.45, 2.75) is 6.17 Å². The predicted molar refractivity (Wildman–Crippen MR) is 31.0 cm³/mol. The monoisotopic (exact) mass is 158 g/mol. The Morgan fingerprint density at radius 1 is 1.20 bits per heavy atom. The van der Waals surface area contributed by atoms with E-state index in [0.29, 0.717) is 0 Å². The molecule has 0 radical (unpaired) electrons. The molecule has 0 bridgehead atoms. The van der Waals surface area contributed by atoms with Crippen LogP contribution in [0.1, 0.15) is 0 Å². The first-order chi connectivity index (χ1) is 4.09. The molecule has 0 aliphatic carbocycles. The molecule has 0 spiro atoms. The quantitative estimate of drug-likeness (QED) is 0.162. The number of rotatable bonds is 3. The molecule has 0 fully saturated rings. The van der Waals surface area contributed by atoms with Crippen LogP contribution in [0.2, 0.25) is 0 Å². The molecule has 0 saturated carbocycles. The molecule has 0 saturated heterocycles. The minimum absolute atomic E-state index is 0. The summed E-state index contributed by atoms with van der Waals surface area (Å²) >= 11 is 0. The van der Waals surface area contributed by atoms with E-state index in [1.54, 1.807) is 0 Å². The van der Waals surface area contributed by atoms with Crippen molar-refractivity contribution in [3.05, 3.63) is 20.2 Å². The van der Waals surface area contributed by atoms with Gasteiger partial charge in [-0.05, 0) is 0 Å². The standard InChI is InChI=1S/C2H2N2O5.Na.H/c5-1-2(3(6)7)4(8)9;;/h1-2H;;. The van der Waals surface area contributed by atoms with Crippen molar-refractivity contribution in [1.29, 1.82) is 0 Å². The van der Waals surface area contributed by atoms with Gasteiger partial charge in [0, 0.05) is 0 Å². The van der Waals surface area contributed by atoms with E-state index in [4.69, 9.17) is 0 Å². The Hall–Kier alpha value is -0.530. The third kappa shape index (κ3) is 3.49. The molecule has 0 heterocycles. The van der Waals surface area contributed by atoms with Crippen molar-refractivity contribution in [3.8, 4) is 0 Å². The molecule has 0 aromatic heterocycles. The van der Waals surface area contributed by atoms with Crippen LogP contribution in [-0.4, -0.2) is 51.9 Å². The van der Waals surface area contributed by atoms with Crippen LogP contribution in [0.25, 0.3) is 0 Å². The Morgan fingerprint density at radius 3 is 1.50 bits per heavy atom. The summed E-state index contributed by atoms with van der Waals surface area (Å²) in [6.45, 7) is 0. The van der Waals surface area contributed by atoms with Crippen LogP contribution in [0.5, 0.6) is 0 Å². The van der Waals surface area contributed by atoms with Gasteiger partial charge < -0.3 is 0 Å². The van der Waals surface area contributed by atoms with Crippen molar-refractivity contribution in [1.82, 2.24) is 0 Å². The molecule has 10 heavy (non-hydrogen) atoms. The van der Waals surface area contributed by atoms with E-state index in [1.807, 2.05) is 0 Å². The van der Waals surface area contributed by atoms with Crippen LogP contribution >= 0.6 is 0 Å². The maximum atomic E-state index is 9.50. The molecule has 0 rings (SSSR count). The van der Waals surface area contributed by atoms with Gasteiger partial charge in [0.15, 0.2) is 0 Å². The number of hydrogen-bond donors (Lipinski definition) is 0. The van der Waals surface area contributed by atoms with Gasteiger partial charge in [0.1, 0.15) is 9.85 Å². The molecule has 0 aliphatic heterocycles. The van der Waals surface area contributed by atoms with Gasteiger partial charge in [-0.1, -0.05) is 0 Å². The summed E-state index contributed by atoms with van der Waals surface area (Å²) in [6, 6.07) is 0. The molecule has 0 aromatic rings. The van der Waals surface area contributed by atoms with E-state index < -0.39 is 16.0 Å². The van der Waals surface area contributed by atoms with E-state index in [2.05, 4.69) is 0 Å². The van der Waals surface area contributed by atoms with Gasteiger partial charge >= 0.3 is 35.7 Å². The third-order valence-electron chi connectivity index (χ3n) is 0.554. The zero-order valence-electron chi connectivity index (χ0n) is 4.09. The summed E-state index contributed by atoms with van der Waals surface area (Å²) in [6.07, 6.45) is -2.65. The number of nitrogens with zero attached hydrogens (tertiary/aromatic N) is 2. The second kappa shape index (κ2) is 5.27. The van der Waals surface area contributed by atoms with E-state index >= 15 is 0 Å². The van der Waals surface area contributed by atoms with Crippen LogP contribution in [0, 0.1) is 20.2 Å². The first-order valence-electron chi connectivity index (χ1n) is 1.82. The molecular formula is C2H3N2NaO5. The molecule has 52 valence electrons. The number of aldehydes is 1. The van der Waals surface area contributed by atoms with Crippen molar-refractivity contribution < 1.29 is 14.6 Å². The molecular weight excluding hydrogens is 155 g/mol. The molecule has 7 nitrogen and oxygen atoms in total. The first kappa shape index (κ1) is 12.2. The summed E-state index contributed by atoms with van der Waals surface area (Å²) in [5.41, 5.74) is 0. The van der Waals surface area contributed by atoms with E-state index in [0.717, 1.165) is 0 Å². The van der Waals surface area contributed by atoms with E-state index in [9.17, 15) is 25.0 Å². The van der Waals surface area contributed by atoms with Gasteiger partial charge in [0.05, 0.1) is 0 Å². The van der Waals surface area contributed by atoms with Crippen molar-refractivity contribution in [2.24, 2.45) is 0 Å². The Morgan fingerprint density at radius 2 is 1.50 bits per heavy atom. The third-order valence-corrected chi connectivity index (χ3v) is 0.554. The molecule has 0 aromatic carbocycles. The van der Waals surface area contributed by atoms with E-state index in [1.165, 1.54) is 0 Å². The molecule has 0 atom stereocenters. The summed E-state index contributed by atoms with van der Waals surface area (Å²) in [4.78, 5) is 26.0. The van der Waals surface area contributed by atoms with Crippen LogP contribution in [0.4, 0.5) is 0 Å². The molecule has 0 unspecified atom stereocenters. The number of hydrogen-bond acceptors (Lipinski definition) is 5. The molecule has 8 heteroatoms. The summed E-state index contributed by atoms with van der Waals surface area (Å²) in [7, 11) is 0. The van der Waals surface area contributed by atoms with Crippen LogP contribution in [-0.2, 0) is 4.79 Å². The topological polar surface area (TPSA) is 103 Å². The van der Waals surface area contributed by atoms with Gasteiger partial charge in [-0.25, -0.2) is 0 Å². The SMILES string of the molecule is O=CC([N+](=O)[O-])[N+](=O)[O-].[NaH]. The Balaban J connectivity index is 0. The second-order valence-corrected chi connectivity index (χ2v) is 1.12. The second-order valence-electron chi connectivity index (χ2n) is 1.12. The Bertz CT molecular complexity index is 144. The zero-order chi connectivity index (χ0) is 7.44. The number of carbonyl (C=O) groups excluding carboxylic acids is 1. The van der Waals surface area contributed by atoms with Crippen LogP contribution in [0.3, 0.4) is 0 Å². The maximum absolute atomic E-state index is 9.50. The minimum atomic E-state index is -2.31. The van der Waals surface area contributed by atoms with E-state index in [-0.39, 0.29) is 35.8 Å². The van der Waals surface area contributed by atoms with Gasteiger partial charge in [-0.15, -0.1) is 0 Å². The van der Waals surface area contributed by atoms with Gasteiger partial charge in [0.2, 0.25) is 0 Å². The Labute approximate surface area is 77.0 Å². The fraction of sp³-hybridized carbons (Fsp3) is 0.500. The zero-order valence-corrected chi connectivity index (χ0v) is 4.09. The average Bonchev–Trinajstić information content (AvgIpc) is 1.64. The van der Waals surface area contributed by atoms with Crippen molar-refractivity contribution in [2.75, 3.05) is 0 Å². The molecule has 0 N–H and O–H groups in total. The van der Waals surface area contributed by atoms with Gasteiger partial charge in [0.25, 0.3) is 6.29 Å². The van der Waals surface area contributed by atoms with Gasteiger partial charge in [-0.3, -0.25) is 25.0 Å². The fourth-order valence-electron chi connectivity index (χ4n) is 0.176. The molecule has 0 aliphatic rings. The van der Waals surface area contributed by atoms with Crippen LogP contribution in [0.15, 0.2) is 0 Å². The number of nitro groups is 2. The van der Waals surface area contributed by atoms with Crippen molar-refractivity contribution >= 4 is 35.8 Å². The molecule has 0 amide bonds. The van der Waals surface area contributed by atoms with Gasteiger partial charge in [-0.2, -0.15) is 0 Å². The first-order valence-corrected chi connectivity index (χ1v) is 1.82. The number of carbonyl (C=O) groups is 1. The fourth-order valence-corrected chi connectivity index (χ4v) is 0.176. The predicted octanol–water partition coefficient (Wildman–Crippen LogP) is -1.58. The summed E-state index contributed by atoms with van der Waals surface area (Å²) in [5.74, 6) is 0. The van der Waals surface area contributed by atoms with Crippen molar-refractivity contribution in [3.63, 3.8) is 0 Å². The summed E-state index contributed by atoms with van der Waals surface area (Å²) < 4.78 is 0. The average molecular weight is 158 g/mol. The normalized spacial score (nSPS) is 8.10. The Kier molecular flexibility index (Phi) is 6.42. The summed E-state index contributed by atoms with van der Waals surface area (Å²) in [5, 5.41) is 19.0.